The van der Waals surface area contributed by atoms with Crippen LogP contribution in [0.1, 0.15) is 121 Å². The fourth-order valence-electron chi connectivity index (χ4n) is 10.6. The molecule has 1 N–H and O–H groups in total. The number of nitrogens with one attached hydrogen (secondary N) is 1. The summed E-state index contributed by atoms with van der Waals surface area (Å²) in [5, 5.41) is 13.2. The third-order valence-corrected chi connectivity index (χ3v) is 17.0. The third kappa shape index (κ3) is 13.3. The summed E-state index contributed by atoms with van der Waals surface area (Å²) >= 11 is 0. The number of ether oxygens (including phenoxy) is 7. The average molecular weight is 1150 g/mol. The van der Waals surface area contributed by atoms with Gasteiger partial charge >= 0.3 is 18.0 Å². The van der Waals surface area contributed by atoms with Gasteiger partial charge in [0.2, 0.25) is 5.60 Å². The Morgan fingerprint density at radius 2 is 1.48 bits per heavy atom. The number of pyridine rings is 2. The summed E-state index contributed by atoms with van der Waals surface area (Å²) in [7, 11) is 1.54. The Bertz CT molecular complexity index is 3300. The van der Waals surface area contributed by atoms with Gasteiger partial charge < -0.3 is 52.1 Å². The van der Waals surface area contributed by atoms with Crippen LogP contribution in [0.2, 0.25) is 0 Å². The molecule has 0 aliphatic carbocycles. The Morgan fingerprint density at radius 3 is 2.07 bits per heavy atom. The Hall–Kier alpha value is -7.23. The molecule has 2 aliphatic heterocycles. The quantitative estimate of drug-likeness (QED) is 0.0231. The van der Waals surface area contributed by atoms with Gasteiger partial charge in [0.25, 0.3) is 14.1 Å². The van der Waals surface area contributed by atoms with Crippen LogP contribution in [-0.4, -0.2) is 97.6 Å². The Morgan fingerprint density at radius 1 is 0.843 bits per heavy atom. The number of esters is 2. The molecule has 4 aromatic carbocycles. The van der Waals surface area contributed by atoms with E-state index in [9.17, 15) is 24.4 Å². The van der Waals surface area contributed by atoms with Crippen LogP contribution < -0.4 is 25.1 Å². The van der Waals surface area contributed by atoms with Gasteiger partial charge in [-0.2, -0.15) is 5.26 Å². The molecular formula is C64H76N5O13P. The van der Waals surface area contributed by atoms with E-state index < -0.39 is 49.3 Å². The summed E-state index contributed by atoms with van der Waals surface area (Å²) in [6, 6.07) is 34.8. The van der Waals surface area contributed by atoms with E-state index in [-0.39, 0.29) is 87.9 Å². The van der Waals surface area contributed by atoms with Crippen LogP contribution in [0.3, 0.4) is 0 Å². The van der Waals surface area contributed by atoms with Gasteiger partial charge in [0, 0.05) is 47.8 Å². The number of amides is 1. The number of carbonyl (C=O) groups excluding carboxylic acids is 3. The first-order chi connectivity index (χ1) is 39.8. The number of carbonyl (C=O) groups is 3. The Balaban J connectivity index is 0.992. The number of fused-ring (bicyclic) bond motifs is 5. The van der Waals surface area contributed by atoms with E-state index in [1.807, 2.05) is 91.9 Å². The molecule has 19 heteroatoms. The standard InChI is InChI=1S/C64H76N5O13P/c1-12-50-51-30-29-48(35-55(51)67-57-52(50)37-68-56(57)36-54-53(58(68)70)40-77-60(72)63(54,13-2)81-59(71)62(7,8)9)80-61(73)66-32-18-33-76-38-49(82-83(79-34-17-31-65)69(41(3)4)42(5)6)39-78-64(43-19-15-14-16-20-43,44-21-25-46(74-10)26-22-44)45-23-27-47(75-11)28-24-45/h14-16,19-30,35-36,41-42,49H,12-13,17-18,32-34,37-40H2,1-11H3,(H,66,73)/t49?,63-,83?/m0/s1. The lowest BCUT2D eigenvalue weighted by Crippen LogP contribution is -2.48. The molecule has 6 aromatic rings. The highest BCUT2D eigenvalue weighted by Crippen LogP contribution is 2.49. The fraction of sp³-hybridized carbons (Fsp3) is 0.438. The molecule has 3 atom stereocenters. The Kier molecular flexibility index (Phi) is 20.1. The van der Waals surface area contributed by atoms with Crippen LogP contribution in [0.4, 0.5) is 4.79 Å². The number of aromatic nitrogens is 2. The Labute approximate surface area is 487 Å². The average Bonchev–Trinajstić information content (AvgIpc) is 2.37. The maximum absolute atomic E-state index is 14.3. The minimum atomic E-state index is -1.82. The first-order valence-electron chi connectivity index (χ1n) is 28.2. The van der Waals surface area contributed by atoms with Crippen LogP contribution in [-0.2, 0) is 68.4 Å². The first kappa shape index (κ1) is 61.8. The number of hydrogen-bond donors (Lipinski definition) is 1. The van der Waals surface area contributed by atoms with Crippen molar-refractivity contribution in [2.24, 2.45) is 5.41 Å². The van der Waals surface area contributed by atoms with Crippen molar-refractivity contribution in [3.05, 3.63) is 152 Å². The van der Waals surface area contributed by atoms with E-state index in [4.69, 9.17) is 47.2 Å². The summed E-state index contributed by atoms with van der Waals surface area (Å²) in [5.74, 6) is 0.303. The predicted molar refractivity (Wildman–Crippen MR) is 315 cm³/mol. The topological polar surface area (TPSA) is 208 Å². The molecule has 2 aromatic heterocycles. The molecule has 18 nitrogen and oxygen atoms in total. The number of benzene rings is 4. The lowest BCUT2D eigenvalue weighted by atomic mass is 9.80. The van der Waals surface area contributed by atoms with Gasteiger partial charge in [0.15, 0.2) is 0 Å². The van der Waals surface area contributed by atoms with Crippen molar-refractivity contribution in [3.8, 4) is 34.7 Å². The minimum absolute atomic E-state index is 0.0373. The highest BCUT2D eigenvalue weighted by Gasteiger charge is 2.52. The number of rotatable bonds is 26. The molecule has 0 spiro atoms. The molecule has 1 amide bonds. The second-order valence-electron chi connectivity index (χ2n) is 22.0. The number of aryl methyl sites for hydroxylation is 1. The largest absolute Gasteiger partial charge is 0.497 e. The summed E-state index contributed by atoms with van der Waals surface area (Å²) in [4.78, 5) is 59.6. The molecule has 0 radical (unpaired) electrons. The zero-order chi connectivity index (χ0) is 59.6. The highest BCUT2D eigenvalue weighted by atomic mass is 31.2. The van der Waals surface area contributed by atoms with E-state index >= 15 is 0 Å². The van der Waals surface area contributed by atoms with Crippen LogP contribution in [0.15, 0.2) is 108 Å². The van der Waals surface area contributed by atoms with Gasteiger partial charge in [-0.25, -0.2) is 19.2 Å². The fourth-order valence-corrected chi connectivity index (χ4v) is 12.3. The number of methoxy groups -OCH3 is 2. The number of cyclic esters (lactones) is 1. The van der Waals surface area contributed by atoms with Gasteiger partial charge in [-0.1, -0.05) is 68.4 Å². The molecule has 0 saturated heterocycles. The van der Waals surface area contributed by atoms with Gasteiger partial charge in [-0.05, 0) is 132 Å². The van der Waals surface area contributed by atoms with Crippen LogP contribution >= 0.6 is 8.53 Å². The molecule has 4 heterocycles. The molecule has 0 saturated carbocycles. The van der Waals surface area contributed by atoms with E-state index in [0.717, 1.165) is 33.2 Å². The zero-order valence-electron chi connectivity index (χ0n) is 49.4. The van der Waals surface area contributed by atoms with Gasteiger partial charge in [0.05, 0.1) is 81.0 Å². The third-order valence-electron chi connectivity index (χ3n) is 14.8. The molecule has 0 bridgehead atoms. The normalized spacial score (nSPS) is 15.5. The summed E-state index contributed by atoms with van der Waals surface area (Å²) < 4.78 is 59.3. The monoisotopic (exact) mass is 1150 g/mol. The minimum Gasteiger partial charge on any atom is -0.497 e. The smallest absolute Gasteiger partial charge is 0.412 e. The number of hydrogen-bond acceptors (Lipinski definition) is 16. The van der Waals surface area contributed by atoms with Crippen molar-refractivity contribution >= 4 is 37.5 Å². The first-order valence-corrected chi connectivity index (χ1v) is 29.4. The molecule has 2 aliphatic rings. The lowest BCUT2D eigenvalue weighted by molar-refractivity contribution is -0.194. The highest BCUT2D eigenvalue weighted by molar-refractivity contribution is 7.44. The predicted octanol–water partition coefficient (Wildman–Crippen LogP) is 11.4. The van der Waals surface area contributed by atoms with E-state index in [1.165, 1.54) is 0 Å². The van der Waals surface area contributed by atoms with E-state index in [0.29, 0.717) is 46.8 Å². The van der Waals surface area contributed by atoms with E-state index in [2.05, 4.69) is 43.8 Å². The number of nitriles is 1. The van der Waals surface area contributed by atoms with Gasteiger partial charge in [-0.15, -0.1) is 0 Å². The van der Waals surface area contributed by atoms with Crippen molar-refractivity contribution in [2.75, 3.05) is 47.2 Å². The van der Waals surface area contributed by atoms with E-state index in [1.54, 1.807) is 64.7 Å². The van der Waals surface area contributed by atoms with Gasteiger partial charge in [-0.3, -0.25) is 9.59 Å². The molecule has 8 rings (SSSR count). The molecule has 2 unspecified atom stereocenters. The second kappa shape index (κ2) is 27.0. The second-order valence-corrected chi connectivity index (χ2v) is 23.4. The lowest BCUT2D eigenvalue weighted by Gasteiger charge is -2.39. The molecule has 0 fully saturated rings. The molecule has 440 valence electrons. The van der Waals surface area contributed by atoms with Crippen molar-refractivity contribution in [1.82, 2.24) is 19.5 Å². The zero-order valence-corrected chi connectivity index (χ0v) is 50.3. The number of nitrogens with zero attached hydrogens (tertiary/aromatic N) is 4. The van der Waals surface area contributed by atoms with Gasteiger partial charge in [0.1, 0.15) is 35.6 Å². The van der Waals surface area contributed by atoms with Crippen LogP contribution in [0, 0.1) is 16.7 Å². The van der Waals surface area contributed by atoms with Crippen molar-refractivity contribution in [3.63, 3.8) is 0 Å². The molecule has 83 heavy (non-hydrogen) atoms. The maximum atomic E-state index is 14.3. The van der Waals surface area contributed by atoms with Crippen molar-refractivity contribution in [1.29, 1.82) is 5.26 Å². The summed E-state index contributed by atoms with van der Waals surface area (Å²) in [6.07, 6.45) is -0.0828. The van der Waals surface area contributed by atoms with Crippen molar-refractivity contribution < 1.29 is 56.6 Å². The van der Waals surface area contributed by atoms with Crippen molar-refractivity contribution in [2.45, 2.75) is 131 Å². The SMILES string of the molecule is CCc1c2c(nc3cc(OC(=O)NCCCOCC(COC(c4ccccc4)(c4ccc(OC)cc4)c4ccc(OC)cc4)OP(OCCC#N)N(C(C)C)C(C)C)ccc13)-c1cc3c(c(=O)n1C2)COC(=O)[C@@]3(CC)OC(=O)C(C)(C)C. The molecular weight excluding hydrogens is 1080 g/mol. The van der Waals surface area contributed by atoms with Crippen LogP contribution in [0.25, 0.3) is 22.3 Å². The summed E-state index contributed by atoms with van der Waals surface area (Å²) in [5.41, 5.74) is 2.27. The summed E-state index contributed by atoms with van der Waals surface area (Å²) in [6.45, 7) is 17.9. The maximum Gasteiger partial charge on any atom is 0.412 e. The van der Waals surface area contributed by atoms with Crippen LogP contribution in [0.5, 0.6) is 17.2 Å².